The molecule has 0 spiro atoms. The molecular weight excluding hydrogens is 390 g/mol. The number of aromatic amines is 1. The van der Waals surface area contributed by atoms with Gasteiger partial charge in [0.25, 0.3) is 0 Å². The molecule has 0 saturated heterocycles. The van der Waals surface area contributed by atoms with Crippen LogP contribution in [0.15, 0.2) is 22.1 Å². The van der Waals surface area contributed by atoms with Gasteiger partial charge in [-0.2, -0.15) is 0 Å². The fourth-order valence-corrected chi connectivity index (χ4v) is 5.82. The number of fused-ring (bicyclic) bond motifs is 3. The van der Waals surface area contributed by atoms with Crippen LogP contribution >= 0.6 is 23.1 Å². The van der Waals surface area contributed by atoms with Crippen LogP contribution in [0.3, 0.4) is 0 Å². The normalized spacial score (nSPS) is 13.9. The predicted octanol–water partition coefficient (Wildman–Crippen LogP) is 4.89. The van der Waals surface area contributed by atoms with Crippen LogP contribution in [0.4, 0.5) is 0 Å². The highest BCUT2D eigenvalue weighted by molar-refractivity contribution is 7.98. The van der Waals surface area contributed by atoms with Crippen LogP contribution in [-0.4, -0.2) is 21.6 Å². The van der Waals surface area contributed by atoms with Crippen LogP contribution in [-0.2, 0) is 18.6 Å². The second kappa shape index (κ2) is 8.25. The summed E-state index contributed by atoms with van der Waals surface area (Å²) in [5, 5.41) is 2.26. The van der Waals surface area contributed by atoms with Gasteiger partial charge in [-0.3, -0.25) is 4.79 Å². The number of ether oxygens (including phenoxy) is 1. The van der Waals surface area contributed by atoms with Gasteiger partial charge in [0.05, 0.1) is 6.61 Å². The van der Waals surface area contributed by atoms with Gasteiger partial charge in [0.1, 0.15) is 15.7 Å². The molecule has 3 heterocycles. The molecule has 0 atom stereocenters. The van der Waals surface area contributed by atoms with E-state index in [0.717, 1.165) is 34.2 Å². The Morgan fingerprint density at radius 1 is 1.29 bits per heavy atom. The van der Waals surface area contributed by atoms with Crippen LogP contribution in [0.1, 0.15) is 48.6 Å². The minimum atomic E-state index is -0.0769. The van der Waals surface area contributed by atoms with Crippen LogP contribution < -0.4 is 10.2 Å². The van der Waals surface area contributed by atoms with Gasteiger partial charge in [0.2, 0.25) is 5.43 Å². The van der Waals surface area contributed by atoms with Gasteiger partial charge >= 0.3 is 0 Å². The Morgan fingerprint density at radius 3 is 2.89 bits per heavy atom. The van der Waals surface area contributed by atoms with Crippen molar-refractivity contribution in [3.63, 3.8) is 0 Å². The van der Waals surface area contributed by atoms with E-state index >= 15 is 0 Å². The number of aryl methyl sites for hydroxylation is 3. The molecular formula is C21H25N3O2S2. The van der Waals surface area contributed by atoms with E-state index in [1.54, 1.807) is 24.0 Å². The minimum Gasteiger partial charge on any atom is -0.488 e. The van der Waals surface area contributed by atoms with Crippen molar-refractivity contribution in [3.05, 3.63) is 44.4 Å². The summed E-state index contributed by atoms with van der Waals surface area (Å²) in [5.41, 5.74) is 2.24. The Balaban J connectivity index is 1.57. The Hall–Kier alpha value is -1.86. The van der Waals surface area contributed by atoms with E-state index in [1.807, 2.05) is 18.3 Å². The monoisotopic (exact) mass is 415 g/mol. The number of hydrogen-bond donors (Lipinski definition) is 1. The highest BCUT2D eigenvalue weighted by Gasteiger charge is 2.21. The molecule has 1 aliphatic rings. The van der Waals surface area contributed by atoms with Gasteiger partial charge in [-0.25, -0.2) is 9.97 Å². The van der Waals surface area contributed by atoms with E-state index < -0.39 is 0 Å². The molecule has 0 aliphatic heterocycles. The Bertz CT molecular complexity index is 1060. The summed E-state index contributed by atoms with van der Waals surface area (Å²) in [6.07, 6.45) is 6.45. The molecule has 0 aromatic carbocycles. The first-order chi connectivity index (χ1) is 13.5. The molecule has 3 aromatic rings. The van der Waals surface area contributed by atoms with E-state index in [9.17, 15) is 4.79 Å². The van der Waals surface area contributed by atoms with Crippen molar-refractivity contribution in [2.75, 3.05) is 6.61 Å². The third-order valence-corrected chi connectivity index (χ3v) is 6.98. The largest absolute Gasteiger partial charge is 0.488 e. The zero-order valence-corrected chi connectivity index (χ0v) is 18.1. The Labute approximate surface area is 173 Å². The fourth-order valence-electron chi connectivity index (χ4n) is 3.43. The topological polar surface area (TPSA) is 67.9 Å². The quantitative estimate of drug-likeness (QED) is 0.458. The summed E-state index contributed by atoms with van der Waals surface area (Å²) in [7, 11) is 0. The lowest BCUT2D eigenvalue weighted by atomic mass is 9.97. The van der Waals surface area contributed by atoms with E-state index in [0.29, 0.717) is 24.0 Å². The van der Waals surface area contributed by atoms with Crippen LogP contribution in [0, 0.1) is 12.8 Å². The van der Waals surface area contributed by atoms with E-state index in [2.05, 4.69) is 23.8 Å². The number of rotatable bonds is 6. The lowest BCUT2D eigenvalue weighted by Gasteiger charge is -2.12. The molecule has 0 amide bonds. The second-order valence-electron chi connectivity index (χ2n) is 7.65. The Kier molecular flexibility index (Phi) is 5.73. The minimum absolute atomic E-state index is 0.0769. The number of thioether (sulfide) groups is 1. The third kappa shape index (κ3) is 4.10. The maximum absolute atomic E-state index is 12.3. The molecule has 4 rings (SSSR count). The standard InChI is InChI=1S/C21H25N3O2S2/c1-12(2)10-26-17-9-22-14(8-16(17)25)11-27-20-19-15-6-4-5-7-18(15)28-21(19)24-13(3)23-20/h8-9,12H,4-7,10-11H2,1-3H3,(H,22,25). The lowest BCUT2D eigenvalue weighted by molar-refractivity contribution is 0.268. The summed E-state index contributed by atoms with van der Waals surface area (Å²) in [6.45, 7) is 6.61. The van der Waals surface area contributed by atoms with Crippen LogP contribution in [0.5, 0.6) is 5.75 Å². The fraction of sp³-hybridized carbons (Fsp3) is 0.476. The van der Waals surface area contributed by atoms with E-state index in [4.69, 9.17) is 9.72 Å². The first-order valence-electron chi connectivity index (χ1n) is 9.77. The highest BCUT2D eigenvalue weighted by Crippen LogP contribution is 2.40. The maximum Gasteiger partial charge on any atom is 0.223 e. The molecule has 0 saturated carbocycles. The Morgan fingerprint density at radius 2 is 2.11 bits per heavy atom. The third-order valence-electron chi connectivity index (χ3n) is 4.77. The summed E-state index contributed by atoms with van der Waals surface area (Å²) >= 11 is 3.50. The molecule has 148 valence electrons. The van der Waals surface area contributed by atoms with Crippen molar-refractivity contribution in [1.82, 2.24) is 15.0 Å². The molecule has 1 aliphatic carbocycles. The molecule has 5 nitrogen and oxygen atoms in total. The van der Waals surface area contributed by atoms with Gasteiger partial charge in [-0.15, -0.1) is 11.3 Å². The van der Waals surface area contributed by atoms with E-state index in [1.165, 1.54) is 28.7 Å². The smallest absolute Gasteiger partial charge is 0.223 e. The van der Waals surface area contributed by atoms with Crippen molar-refractivity contribution < 1.29 is 4.74 Å². The van der Waals surface area contributed by atoms with Gasteiger partial charge < -0.3 is 9.72 Å². The first kappa shape index (κ1) is 19.5. The molecule has 0 bridgehead atoms. The number of hydrogen-bond acceptors (Lipinski definition) is 6. The molecule has 3 aromatic heterocycles. The van der Waals surface area contributed by atoms with Crippen molar-refractivity contribution >= 4 is 33.3 Å². The number of nitrogens with one attached hydrogen (secondary N) is 1. The van der Waals surface area contributed by atoms with Crippen LogP contribution in [0.25, 0.3) is 10.2 Å². The molecule has 0 radical (unpaired) electrons. The SMILES string of the molecule is Cc1nc(SCc2cc(=O)c(OCC(C)C)c[nH]2)c2c3c(sc2n1)CCCC3. The number of pyridine rings is 1. The average molecular weight is 416 g/mol. The second-order valence-corrected chi connectivity index (χ2v) is 9.69. The summed E-state index contributed by atoms with van der Waals surface area (Å²) in [6, 6.07) is 1.64. The summed E-state index contributed by atoms with van der Waals surface area (Å²) in [4.78, 5) is 27.5. The van der Waals surface area contributed by atoms with Crippen molar-refractivity contribution in [1.29, 1.82) is 0 Å². The maximum atomic E-state index is 12.3. The van der Waals surface area contributed by atoms with Crippen LogP contribution in [0.2, 0.25) is 0 Å². The van der Waals surface area contributed by atoms with Gasteiger partial charge in [-0.1, -0.05) is 25.6 Å². The van der Waals surface area contributed by atoms with Crippen molar-refractivity contribution in [2.24, 2.45) is 5.92 Å². The number of aromatic nitrogens is 3. The summed E-state index contributed by atoms with van der Waals surface area (Å²) in [5.74, 6) is 2.24. The highest BCUT2D eigenvalue weighted by atomic mass is 32.2. The molecule has 28 heavy (non-hydrogen) atoms. The number of thiophene rings is 1. The average Bonchev–Trinajstić information content (AvgIpc) is 3.03. The molecule has 0 fully saturated rings. The van der Waals surface area contributed by atoms with Crippen molar-refractivity contribution in [3.8, 4) is 5.75 Å². The molecule has 7 heteroatoms. The first-order valence-corrected chi connectivity index (χ1v) is 11.6. The van der Waals surface area contributed by atoms with Gasteiger partial charge in [-0.05, 0) is 44.1 Å². The summed E-state index contributed by atoms with van der Waals surface area (Å²) < 4.78 is 5.57. The number of H-pyrrole nitrogens is 1. The lowest BCUT2D eigenvalue weighted by Crippen LogP contribution is -2.13. The van der Waals surface area contributed by atoms with Crippen molar-refractivity contribution in [2.45, 2.75) is 57.2 Å². The number of nitrogens with zero attached hydrogens (tertiary/aromatic N) is 2. The predicted molar refractivity (Wildman–Crippen MR) is 116 cm³/mol. The molecule has 0 unspecified atom stereocenters. The zero-order chi connectivity index (χ0) is 19.7. The molecule has 1 N–H and O–H groups in total. The van der Waals surface area contributed by atoms with Gasteiger partial charge in [0.15, 0.2) is 5.75 Å². The van der Waals surface area contributed by atoms with E-state index in [-0.39, 0.29) is 5.43 Å². The van der Waals surface area contributed by atoms with Gasteiger partial charge in [0, 0.05) is 34.0 Å². The zero-order valence-electron chi connectivity index (χ0n) is 16.5.